The molecule has 4 rings (SSSR count). The van der Waals surface area contributed by atoms with E-state index < -0.39 is 10.0 Å². The second-order valence-corrected chi connectivity index (χ2v) is 10.5. The van der Waals surface area contributed by atoms with Gasteiger partial charge in [-0.2, -0.15) is 4.31 Å². The number of piperidine rings is 1. The Morgan fingerprint density at radius 1 is 1.21 bits per heavy atom. The average Bonchev–Trinajstić information content (AvgIpc) is 3.16. The van der Waals surface area contributed by atoms with Crippen molar-refractivity contribution < 1.29 is 22.5 Å². The molecular weight excluding hydrogens is 442 g/mol. The van der Waals surface area contributed by atoms with Crippen LogP contribution in [0.4, 0.5) is 0 Å². The van der Waals surface area contributed by atoms with Crippen LogP contribution in [0.1, 0.15) is 29.9 Å². The van der Waals surface area contributed by atoms with Crippen LogP contribution in [0, 0.1) is 19.8 Å². The molecule has 1 atom stereocenters. The van der Waals surface area contributed by atoms with Crippen LogP contribution < -0.4 is 4.74 Å². The zero-order chi connectivity index (χ0) is 23.8. The summed E-state index contributed by atoms with van der Waals surface area (Å²) in [6, 6.07) is 12.0. The Kier molecular flexibility index (Phi) is 6.45. The highest BCUT2D eigenvalue weighted by molar-refractivity contribution is 7.89. The van der Waals surface area contributed by atoms with Gasteiger partial charge in [-0.15, -0.1) is 0 Å². The molecule has 1 unspecified atom stereocenters. The van der Waals surface area contributed by atoms with Gasteiger partial charge in [0.15, 0.2) is 5.76 Å². The van der Waals surface area contributed by atoms with E-state index in [1.807, 2.05) is 30.3 Å². The summed E-state index contributed by atoms with van der Waals surface area (Å²) in [5, 5.41) is 5.92. The highest BCUT2D eigenvalue weighted by Gasteiger charge is 2.37. The molecule has 176 valence electrons. The number of amides is 1. The Labute approximate surface area is 194 Å². The van der Waals surface area contributed by atoms with Crippen molar-refractivity contribution >= 4 is 26.7 Å². The number of ether oxygens (including phenoxy) is 1. The first-order chi connectivity index (χ1) is 15.7. The number of benzene rings is 2. The molecule has 0 saturated carbocycles. The molecule has 3 aromatic rings. The van der Waals surface area contributed by atoms with E-state index in [4.69, 9.17) is 9.26 Å². The van der Waals surface area contributed by atoms with E-state index in [9.17, 15) is 13.2 Å². The number of aromatic nitrogens is 1. The molecule has 1 aliphatic heterocycles. The Bertz CT molecular complexity index is 1260. The van der Waals surface area contributed by atoms with Crippen molar-refractivity contribution in [3.8, 4) is 5.75 Å². The first-order valence-corrected chi connectivity index (χ1v) is 12.4. The predicted molar refractivity (Wildman–Crippen MR) is 124 cm³/mol. The Morgan fingerprint density at radius 3 is 2.64 bits per heavy atom. The molecule has 1 saturated heterocycles. The van der Waals surface area contributed by atoms with Crippen LogP contribution in [0.25, 0.3) is 10.8 Å². The minimum absolute atomic E-state index is 0.0523. The molecule has 0 spiro atoms. The van der Waals surface area contributed by atoms with Gasteiger partial charge in [0.1, 0.15) is 16.3 Å². The summed E-state index contributed by atoms with van der Waals surface area (Å²) in [6.45, 7) is 4.20. The van der Waals surface area contributed by atoms with Crippen LogP contribution in [0.5, 0.6) is 5.75 Å². The Hall–Kier alpha value is -2.91. The van der Waals surface area contributed by atoms with E-state index in [1.165, 1.54) is 4.31 Å². The molecule has 1 amide bonds. The van der Waals surface area contributed by atoms with Crippen LogP contribution in [-0.4, -0.2) is 55.9 Å². The molecule has 8 nitrogen and oxygen atoms in total. The number of methoxy groups -OCH3 is 1. The number of rotatable bonds is 6. The molecule has 2 heterocycles. The molecule has 0 radical (unpaired) electrons. The van der Waals surface area contributed by atoms with E-state index in [1.54, 1.807) is 32.9 Å². The van der Waals surface area contributed by atoms with Crippen molar-refractivity contribution in [2.75, 3.05) is 27.2 Å². The molecule has 0 bridgehead atoms. The molecule has 33 heavy (non-hydrogen) atoms. The minimum Gasteiger partial charge on any atom is -0.497 e. The maximum Gasteiger partial charge on any atom is 0.248 e. The maximum absolute atomic E-state index is 13.2. The van der Waals surface area contributed by atoms with E-state index in [0.29, 0.717) is 31.6 Å². The summed E-state index contributed by atoms with van der Waals surface area (Å²) in [5.74, 6) is 0.634. The second-order valence-electron chi connectivity index (χ2n) is 8.60. The average molecular weight is 472 g/mol. The van der Waals surface area contributed by atoms with Crippen LogP contribution in [0.3, 0.4) is 0 Å². The molecule has 1 aliphatic rings. The maximum atomic E-state index is 13.2. The van der Waals surface area contributed by atoms with Gasteiger partial charge in [0.05, 0.1) is 13.0 Å². The van der Waals surface area contributed by atoms with Gasteiger partial charge in [-0.05, 0) is 61.2 Å². The Balaban J connectivity index is 1.47. The molecule has 1 aromatic heterocycles. The van der Waals surface area contributed by atoms with Crippen molar-refractivity contribution in [1.82, 2.24) is 14.4 Å². The van der Waals surface area contributed by atoms with Gasteiger partial charge in [0.25, 0.3) is 0 Å². The van der Waals surface area contributed by atoms with Crippen LogP contribution in [0.15, 0.2) is 45.8 Å². The lowest BCUT2D eigenvalue weighted by Gasteiger charge is -2.33. The van der Waals surface area contributed by atoms with Crippen molar-refractivity contribution in [3.63, 3.8) is 0 Å². The summed E-state index contributed by atoms with van der Waals surface area (Å²) < 4.78 is 38.1. The number of nitrogens with zero attached hydrogens (tertiary/aromatic N) is 3. The van der Waals surface area contributed by atoms with Gasteiger partial charge >= 0.3 is 0 Å². The summed E-state index contributed by atoms with van der Waals surface area (Å²) in [4.78, 5) is 15.0. The number of carbonyl (C=O) groups is 1. The zero-order valence-corrected chi connectivity index (χ0v) is 20.2. The minimum atomic E-state index is -3.77. The van der Waals surface area contributed by atoms with E-state index in [2.05, 4.69) is 11.2 Å². The summed E-state index contributed by atoms with van der Waals surface area (Å²) in [7, 11) is -0.358. The Morgan fingerprint density at radius 2 is 1.94 bits per heavy atom. The topological polar surface area (TPSA) is 93.0 Å². The van der Waals surface area contributed by atoms with E-state index in [0.717, 1.165) is 22.1 Å². The fourth-order valence-electron chi connectivity index (χ4n) is 4.50. The second kappa shape index (κ2) is 9.15. The standard InChI is InChI=1S/C24H29N3O5S/c1-16-23(17(2)32-25-16)33(29,30)27-11-5-6-21(15-27)24(28)26(3)14-18-7-8-20-13-22(31-4)10-9-19(20)12-18/h7-10,12-13,21H,5-6,11,14-15H2,1-4H3. The van der Waals surface area contributed by atoms with Crippen molar-refractivity contribution in [1.29, 1.82) is 0 Å². The van der Waals surface area contributed by atoms with Gasteiger partial charge in [0, 0.05) is 26.7 Å². The number of carbonyl (C=O) groups excluding carboxylic acids is 1. The molecule has 0 N–H and O–H groups in total. The third-order valence-corrected chi connectivity index (χ3v) is 8.32. The fourth-order valence-corrected chi connectivity index (χ4v) is 6.31. The molecule has 0 aliphatic carbocycles. The molecule has 9 heteroatoms. The van der Waals surface area contributed by atoms with Crippen molar-refractivity contribution in [3.05, 3.63) is 53.4 Å². The number of fused-ring (bicyclic) bond motifs is 1. The molecule has 1 fully saturated rings. The molecule has 2 aromatic carbocycles. The third kappa shape index (κ3) is 4.60. The quantitative estimate of drug-likeness (QED) is 0.546. The highest BCUT2D eigenvalue weighted by atomic mass is 32.2. The number of sulfonamides is 1. The lowest BCUT2D eigenvalue weighted by atomic mass is 9.98. The lowest BCUT2D eigenvalue weighted by Crippen LogP contribution is -2.45. The van der Waals surface area contributed by atoms with E-state index >= 15 is 0 Å². The summed E-state index contributed by atoms with van der Waals surface area (Å²) in [6.07, 6.45) is 1.29. The van der Waals surface area contributed by atoms with Crippen molar-refractivity contribution in [2.45, 2.75) is 38.1 Å². The smallest absolute Gasteiger partial charge is 0.248 e. The van der Waals surface area contributed by atoms with Crippen LogP contribution in [0.2, 0.25) is 0 Å². The van der Waals surface area contributed by atoms with E-state index in [-0.39, 0.29) is 29.0 Å². The first kappa shape index (κ1) is 23.3. The number of hydrogen-bond donors (Lipinski definition) is 0. The fraction of sp³-hybridized carbons (Fsp3) is 0.417. The van der Waals surface area contributed by atoms with Gasteiger partial charge in [-0.25, -0.2) is 8.42 Å². The highest BCUT2D eigenvalue weighted by Crippen LogP contribution is 2.29. The zero-order valence-electron chi connectivity index (χ0n) is 19.4. The number of aryl methyl sites for hydroxylation is 2. The largest absolute Gasteiger partial charge is 0.497 e. The SMILES string of the molecule is COc1ccc2cc(CN(C)C(=O)C3CCCN(S(=O)(=O)c4c(C)noc4C)C3)ccc2c1. The normalized spacial score (nSPS) is 17.3. The molecular formula is C24H29N3O5S. The summed E-state index contributed by atoms with van der Waals surface area (Å²) in [5.41, 5.74) is 1.35. The first-order valence-electron chi connectivity index (χ1n) is 11.0. The monoisotopic (exact) mass is 471 g/mol. The van der Waals surface area contributed by atoms with Gasteiger partial charge in [-0.3, -0.25) is 4.79 Å². The predicted octanol–water partition coefficient (Wildman–Crippen LogP) is 3.51. The van der Waals surface area contributed by atoms with Crippen LogP contribution >= 0.6 is 0 Å². The lowest BCUT2D eigenvalue weighted by molar-refractivity contribution is -0.135. The third-order valence-electron chi connectivity index (χ3n) is 6.21. The van der Waals surface area contributed by atoms with Crippen LogP contribution in [-0.2, 0) is 21.4 Å². The number of hydrogen-bond acceptors (Lipinski definition) is 6. The van der Waals surface area contributed by atoms with Crippen molar-refractivity contribution in [2.24, 2.45) is 5.92 Å². The summed E-state index contributed by atoms with van der Waals surface area (Å²) >= 11 is 0. The van der Waals surface area contributed by atoms with Gasteiger partial charge in [-0.1, -0.05) is 23.4 Å². The van der Waals surface area contributed by atoms with Gasteiger partial charge in [0.2, 0.25) is 15.9 Å². The van der Waals surface area contributed by atoms with Gasteiger partial charge < -0.3 is 14.2 Å².